The third-order valence-electron chi connectivity index (χ3n) is 3.82. The molecule has 1 heterocycles. The third kappa shape index (κ3) is 3.93. The van der Waals surface area contributed by atoms with Crippen molar-refractivity contribution in [3.8, 4) is 10.4 Å². The highest BCUT2D eigenvalue weighted by Gasteiger charge is 2.22. The number of nitro groups is 1. The van der Waals surface area contributed by atoms with E-state index in [9.17, 15) is 18.5 Å². The van der Waals surface area contributed by atoms with Crippen molar-refractivity contribution in [3.63, 3.8) is 0 Å². The fourth-order valence-electron chi connectivity index (χ4n) is 2.48. The zero-order chi connectivity index (χ0) is 19.8. The molecule has 0 fully saturated rings. The molecule has 1 N–H and O–H groups in total. The van der Waals surface area contributed by atoms with Crippen LogP contribution < -0.4 is 4.72 Å². The van der Waals surface area contributed by atoms with Crippen molar-refractivity contribution >= 4 is 55.9 Å². The quantitative estimate of drug-likeness (QED) is 0.402. The number of nitrogens with one attached hydrogen (secondary N) is 1. The summed E-state index contributed by atoms with van der Waals surface area (Å²) < 4.78 is 28.1. The predicted molar refractivity (Wildman–Crippen MR) is 108 cm³/mol. The highest BCUT2D eigenvalue weighted by atomic mass is 35.5. The minimum absolute atomic E-state index is 0.0530. The average molecular weight is 443 g/mol. The minimum Gasteiger partial charge on any atom is -0.278 e. The molecule has 0 aliphatic rings. The second kappa shape index (κ2) is 7.47. The summed E-state index contributed by atoms with van der Waals surface area (Å²) in [4.78, 5) is 11.0. The van der Waals surface area contributed by atoms with E-state index in [1.807, 2.05) is 0 Å². The lowest BCUT2D eigenvalue weighted by Gasteiger charge is -2.12. The minimum atomic E-state index is -3.91. The monoisotopic (exact) mass is 442 g/mol. The normalized spacial score (nSPS) is 11.4. The molecule has 0 radical (unpaired) electrons. The number of hydrogen-bond donors (Lipinski definition) is 1. The highest BCUT2D eigenvalue weighted by molar-refractivity contribution is 7.92. The fourth-order valence-corrected chi connectivity index (χ4v) is 5.26. The van der Waals surface area contributed by atoms with Crippen LogP contribution in [0.2, 0.25) is 10.0 Å². The van der Waals surface area contributed by atoms with Gasteiger partial charge in [-0.1, -0.05) is 29.3 Å². The molecule has 27 heavy (non-hydrogen) atoms. The van der Waals surface area contributed by atoms with Crippen LogP contribution in [-0.4, -0.2) is 13.3 Å². The molecule has 0 bridgehead atoms. The standard InChI is InChI=1S/C17H12Cl2N2O4S2/c1-10-13(18)3-2-4-16(10)27(24,25)20-15-7-8-26-17(15)12-9-11(21(22)23)5-6-14(12)19/h2-9,20H,1H3. The Morgan fingerprint density at radius 1 is 1.11 bits per heavy atom. The molecule has 0 saturated carbocycles. The maximum Gasteiger partial charge on any atom is 0.270 e. The molecular formula is C17H12Cl2N2O4S2. The van der Waals surface area contributed by atoms with E-state index in [0.29, 0.717) is 21.0 Å². The van der Waals surface area contributed by atoms with Gasteiger partial charge in [-0.2, -0.15) is 0 Å². The van der Waals surface area contributed by atoms with E-state index in [2.05, 4.69) is 4.72 Å². The van der Waals surface area contributed by atoms with Crippen molar-refractivity contribution < 1.29 is 13.3 Å². The summed E-state index contributed by atoms with van der Waals surface area (Å²) in [6.07, 6.45) is 0. The summed E-state index contributed by atoms with van der Waals surface area (Å²) in [5, 5.41) is 13.3. The smallest absolute Gasteiger partial charge is 0.270 e. The number of non-ortho nitro benzene ring substituents is 1. The fraction of sp³-hybridized carbons (Fsp3) is 0.0588. The second-order valence-electron chi connectivity index (χ2n) is 5.55. The van der Waals surface area contributed by atoms with Gasteiger partial charge in [-0.05, 0) is 42.1 Å². The lowest BCUT2D eigenvalue weighted by Crippen LogP contribution is -2.14. The average Bonchev–Trinajstić information content (AvgIpc) is 3.04. The molecule has 0 aliphatic heterocycles. The zero-order valence-corrected chi connectivity index (χ0v) is 16.9. The third-order valence-corrected chi connectivity index (χ3v) is 7.02. The zero-order valence-electron chi connectivity index (χ0n) is 13.8. The molecule has 0 amide bonds. The molecule has 3 aromatic rings. The Morgan fingerprint density at radius 3 is 2.56 bits per heavy atom. The number of sulfonamides is 1. The molecule has 0 saturated heterocycles. The van der Waals surface area contributed by atoms with Gasteiger partial charge in [-0.3, -0.25) is 14.8 Å². The first-order chi connectivity index (χ1) is 12.7. The molecule has 0 unspecified atom stereocenters. The Hall–Kier alpha value is -2.13. The maximum atomic E-state index is 12.8. The molecular weight excluding hydrogens is 431 g/mol. The van der Waals surface area contributed by atoms with Crippen LogP contribution >= 0.6 is 34.5 Å². The van der Waals surface area contributed by atoms with E-state index in [4.69, 9.17) is 23.2 Å². The predicted octanol–water partition coefficient (Wildman–Crippen LogP) is 5.74. The van der Waals surface area contributed by atoms with Gasteiger partial charge in [0.15, 0.2) is 0 Å². The van der Waals surface area contributed by atoms with E-state index in [-0.39, 0.29) is 21.3 Å². The summed E-state index contributed by atoms with van der Waals surface area (Å²) in [5.41, 5.74) is 0.947. The molecule has 0 spiro atoms. The lowest BCUT2D eigenvalue weighted by atomic mass is 10.1. The number of nitrogens with zero attached hydrogens (tertiary/aromatic N) is 1. The summed E-state index contributed by atoms with van der Waals surface area (Å²) >= 11 is 13.4. The number of halogens is 2. The molecule has 0 aliphatic carbocycles. The Labute approximate surface area is 169 Å². The van der Waals surface area contributed by atoms with E-state index < -0.39 is 14.9 Å². The van der Waals surface area contributed by atoms with Crippen molar-refractivity contribution in [2.24, 2.45) is 0 Å². The van der Waals surface area contributed by atoms with Crippen molar-refractivity contribution in [2.45, 2.75) is 11.8 Å². The number of anilines is 1. The summed E-state index contributed by atoms with van der Waals surface area (Å²) in [6, 6.07) is 10.2. The van der Waals surface area contributed by atoms with Crippen LogP contribution in [0.5, 0.6) is 0 Å². The molecule has 3 rings (SSSR count). The van der Waals surface area contributed by atoms with E-state index in [1.165, 1.54) is 35.6 Å². The van der Waals surface area contributed by atoms with Gasteiger partial charge in [-0.15, -0.1) is 11.3 Å². The topological polar surface area (TPSA) is 89.3 Å². The van der Waals surface area contributed by atoms with Crippen LogP contribution in [-0.2, 0) is 10.0 Å². The van der Waals surface area contributed by atoms with Crippen LogP contribution in [0.3, 0.4) is 0 Å². The molecule has 140 valence electrons. The molecule has 10 heteroatoms. The first-order valence-corrected chi connectivity index (χ1v) is 10.6. The molecule has 2 aromatic carbocycles. The number of rotatable bonds is 5. The number of hydrogen-bond acceptors (Lipinski definition) is 5. The summed E-state index contributed by atoms with van der Waals surface area (Å²) in [7, 11) is -3.91. The van der Waals surface area contributed by atoms with Crippen LogP contribution in [0, 0.1) is 17.0 Å². The van der Waals surface area contributed by atoms with Gasteiger partial charge in [-0.25, -0.2) is 8.42 Å². The Balaban J connectivity index is 2.05. The maximum absolute atomic E-state index is 12.8. The van der Waals surface area contributed by atoms with Crippen LogP contribution in [0.1, 0.15) is 5.56 Å². The number of thiophene rings is 1. The molecule has 0 atom stereocenters. The Bertz CT molecular complexity index is 1140. The van der Waals surface area contributed by atoms with E-state index >= 15 is 0 Å². The lowest BCUT2D eigenvalue weighted by molar-refractivity contribution is -0.384. The number of benzene rings is 2. The van der Waals surface area contributed by atoms with Crippen molar-refractivity contribution in [1.29, 1.82) is 0 Å². The SMILES string of the molecule is Cc1c(Cl)cccc1S(=O)(=O)Nc1ccsc1-c1cc([N+](=O)[O-])ccc1Cl. The molecule has 1 aromatic heterocycles. The Morgan fingerprint density at radius 2 is 1.85 bits per heavy atom. The van der Waals surface area contributed by atoms with E-state index in [0.717, 1.165) is 0 Å². The van der Waals surface area contributed by atoms with Gasteiger partial charge < -0.3 is 0 Å². The van der Waals surface area contributed by atoms with Gasteiger partial charge in [0.2, 0.25) is 0 Å². The van der Waals surface area contributed by atoms with Gasteiger partial charge in [0, 0.05) is 27.7 Å². The summed E-state index contributed by atoms with van der Waals surface area (Å²) in [5.74, 6) is 0. The summed E-state index contributed by atoms with van der Waals surface area (Å²) in [6.45, 7) is 1.61. The first-order valence-electron chi connectivity index (χ1n) is 7.50. The van der Waals surface area contributed by atoms with Gasteiger partial charge in [0.25, 0.3) is 15.7 Å². The molecule has 6 nitrogen and oxygen atoms in total. The van der Waals surface area contributed by atoms with E-state index in [1.54, 1.807) is 30.5 Å². The Kier molecular flexibility index (Phi) is 5.43. The van der Waals surface area contributed by atoms with Gasteiger partial charge in [0.1, 0.15) is 0 Å². The second-order valence-corrected chi connectivity index (χ2v) is 8.93. The van der Waals surface area contributed by atoms with Crippen molar-refractivity contribution in [3.05, 3.63) is 73.6 Å². The van der Waals surface area contributed by atoms with Crippen LogP contribution in [0.25, 0.3) is 10.4 Å². The highest BCUT2D eigenvalue weighted by Crippen LogP contribution is 2.40. The van der Waals surface area contributed by atoms with Gasteiger partial charge >= 0.3 is 0 Å². The van der Waals surface area contributed by atoms with Crippen molar-refractivity contribution in [1.82, 2.24) is 0 Å². The van der Waals surface area contributed by atoms with Crippen LogP contribution in [0.4, 0.5) is 11.4 Å². The largest absolute Gasteiger partial charge is 0.278 e. The van der Waals surface area contributed by atoms with Crippen LogP contribution in [0.15, 0.2) is 52.7 Å². The van der Waals surface area contributed by atoms with Gasteiger partial charge in [0.05, 0.1) is 20.4 Å². The van der Waals surface area contributed by atoms with Crippen molar-refractivity contribution in [2.75, 3.05) is 4.72 Å². The first kappa shape index (κ1) is 19.6. The number of nitro benzene ring substituents is 1.